The lowest BCUT2D eigenvalue weighted by Crippen LogP contribution is -2.14. The van der Waals surface area contributed by atoms with E-state index in [-0.39, 0.29) is 18.3 Å². The second kappa shape index (κ2) is 10.4. The summed E-state index contributed by atoms with van der Waals surface area (Å²) in [7, 11) is 0. The first kappa shape index (κ1) is 23.3. The summed E-state index contributed by atoms with van der Waals surface area (Å²) >= 11 is 0. The summed E-state index contributed by atoms with van der Waals surface area (Å²) in [6, 6.07) is 12.9. The lowest BCUT2D eigenvalue weighted by molar-refractivity contribution is 0.272. The minimum Gasteiger partial charge on any atom is -0.483 e. The Morgan fingerprint density at radius 3 is 1.94 bits per heavy atom. The highest BCUT2D eigenvalue weighted by atomic mass is 19.1. The number of rotatable bonds is 7. The van der Waals surface area contributed by atoms with Gasteiger partial charge in [-0.25, -0.2) is 17.6 Å². The van der Waals surface area contributed by atoms with Crippen LogP contribution in [0.5, 0.6) is 5.75 Å². The molecule has 0 aromatic heterocycles. The fraction of sp³-hybridized carbons (Fsp3) is 0.357. The third-order valence-corrected chi connectivity index (χ3v) is 6.57. The van der Waals surface area contributed by atoms with Crippen LogP contribution in [0.15, 0.2) is 54.6 Å². The number of hydrogen-bond acceptors (Lipinski definition) is 1. The first-order valence-electron chi connectivity index (χ1n) is 11.6. The van der Waals surface area contributed by atoms with Crippen LogP contribution in [0.3, 0.4) is 0 Å². The van der Waals surface area contributed by atoms with Gasteiger partial charge in [0.2, 0.25) is 0 Å². The number of halogens is 4. The van der Waals surface area contributed by atoms with Gasteiger partial charge in [-0.1, -0.05) is 44.0 Å². The zero-order valence-corrected chi connectivity index (χ0v) is 18.7. The predicted octanol–water partition coefficient (Wildman–Crippen LogP) is 8.56. The molecule has 33 heavy (non-hydrogen) atoms. The molecule has 0 bridgehead atoms. The van der Waals surface area contributed by atoms with Crippen LogP contribution in [0.2, 0.25) is 0 Å². The van der Waals surface area contributed by atoms with E-state index in [1.54, 1.807) is 24.3 Å². The third-order valence-electron chi connectivity index (χ3n) is 6.57. The molecule has 0 radical (unpaired) electrons. The Balaban J connectivity index is 1.40. The smallest absolute Gasteiger partial charge is 0.191 e. The van der Waals surface area contributed by atoms with Crippen LogP contribution < -0.4 is 4.74 Å². The zero-order valence-electron chi connectivity index (χ0n) is 18.7. The molecule has 0 heterocycles. The van der Waals surface area contributed by atoms with E-state index in [1.807, 2.05) is 0 Å². The molecule has 1 saturated carbocycles. The lowest BCUT2D eigenvalue weighted by atomic mass is 9.77. The van der Waals surface area contributed by atoms with Gasteiger partial charge in [0.15, 0.2) is 17.4 Å². The van der Waals surface area contributed by atoms with Gasteiger partial charge >= 0.3 is 0 Å². The lowest BCUT2D eigenvalue weighted by Gasteiger charge is -2.28. The maximum atomic E-state index is 14.7. The van der Waals surface area contributed by atoms with E-state index in [2.05, 4.69) is 6.92 Å². The quantitative estimate of drug-likeness (QED) is 0.324. The van der Waals surface area contributed by atoms with Gasteiger partial charge in [0.25, 0.3) is 0 Å². The topological polar surface area (TPSA) is 9.23 Å². The molecule has 0 spiro atoms. The molecule has 1 fully saturated rings. The van der Waals surface area contributed by atoms with Crippen LogP contribution in [-0.4, -0.2) is 0 Å². The first-order valence-corrected chi connectivity index (χ1v) is 11.6. The van der Waals surface area contributed by atoms with E-state index in [0.717, 1.165) is 37.7 Å². The number of hydrogen-bond donors (Lipinski definition) is 0. The van der Waals surface area contributed by atoms with Crippen molar-refractivity contribution in [2.24, 2.45) is 5.92 Å². The van der Waals surface area contributed by atoms with Gasteiger partial charge in [0.1, 0.15) is 18.2 Å². The normalized spacial score (nSPS) is 18.3. The van der Waals surface area contributed by atoms with Crippen molar-refractivity contribution < 1.29 is 22.3 Å². The predicted molar refractivity (Wildman–Crippen MR) is 122 cm³/mol. The SMILES string of the molecule is CCCC1CCC(c2cc(F)c(OCc3ccc(-c4cc(F)cc(F)c4)cc3)c(F)c2)CC1. The molecular formula is C28H28F4O. The Morgan fingerprint density at radius 2 is 1.36 bits per heavy atom. The molecule has 4 rings (SSSR count). The summed E-state index contributed by atoms with van der Waals surface area (Å²) in [6.45, 7) is 2.17. The maximum absolute atomic E-state index is 14.7. The van der Waals surface area contributed by atoms with Gasteiger partial charge in [-0.2, -0.15) is 0 Å². The van der Waals surface area contributed by atoms with Gasteiger partial charge in [-0.05, 0) is 84.0 Å². The van der Waals surface area contributed by atoms with E-state index in [9.17, 15) is 17.6 Å². The van der Waals surface area contributed by atoms with E-state index in [1.165, 1.54) is 37.1 Å². The van der Waals surface area contributed by atoms with Crippen LogP contribution in [-0.2, 0) is 6.61 Å². The highest BCUT2D eigenvalue weighted by Gasteiger charge is 2.24. The van der Waals surface area contributed by atoms with Crippen LogP contribution in [0.25, 0.3) is 11.1 Å². The zero-order chi connectivity index (χ0) is 23.4. The second-order valence-electron chi connectivity index (χ2n) is 8.96. The molecule has 1 nitrogen and oxygen atoms in total. The largest absolute Gasteiger partial charge is 0.483 e. The van der Waals surface area contributed by atoms with Crippen molar-refractivity contribution >= 4 is 0 Å². The van der Waals surface area contributed by atoms with Crippen molar-refractivity contribution in [2.75, 3.05) is 0 Å². The van der Waals surface area contributed by atoms with E-state index in [0.29, 0.717) is 22.3 Å². The van der Waals surface area contributed by atoms with Gasteiger partial charge in [-0.3, -0.25) is 0 Å². The average Bonchev–Trinajstić information content (AvgIpc) is 2.79. The van der Waals surface area contributed by atoms with Gasteiger partial charge < -0.3 is 4.74 Å². The average molecular weight is 457 g/mol. The summed E-state index contributed by atoms with van der Waals surface area (Å²) in [6.07, 6.45) is 6.55. The number of benzene rings is 3. The Labute approximate surface area is 192 Å². The summed E-state index contributed by atoms with van der Waals surface area (Å²) in [5, 5.41) is 0. The van der Waals surface area contributed by atoms with Crippen LogP contribution >= 0.6 is 0 Å². The fourth-order valence-corrected chi connectivity index (χ4v) is 4.82. The molecule has 1 aliphatic carbocycles. The molecule has 0 amide bonds. The molecule has 3 aromatic carbocycles. The molecule has 5 heteroatoms. The van der Waals surface area contributed by atoms with Crippen molar-refractivity contribution in [3.8, 4) is 16.9 Å². The highest BCUT2D eigenvalue weighted by molar-refractivity contribution is 5.63. The van der Waals surface area contributed by atoms with Gasteiger partial charge in [0, 0.05) is 6.07 Å². The third kappa shape index (κ3) is 5.76. The standard InChI is InChI=1S/C28H28F4O/c1-2-3-18-4-8-21(9-5-18)23-14-26(31)28(27(32)15-23)33-17-19-6-10-20(11-7-19)22-12-24(29)16-25(30)13-22/h6-7,10-16,18,21H,2-5,8-9,17H2,1H3. The summed E-state index contributed by atoms with van der Waals surface area (Å²) in [4.78, 5) is 0. The summed E-state index contributed by atoms with van der Waals surface area (Å²) in [5.41, 5.74) is 2.44. The molecule has 1 aliphatic rings. The van der Waals surface area contributed by atoms with E-state index < -0.39 is 23.3 Å². The Kier molecular flexibility index (Phi) is 7.36. The Bertz CT molecular complexity index is 1040. The minimum absolute atomic E-state index is 0.0207. The summed E-state index contributed by atoms with van der Waals surface area (Å²) in [5.74, 6) is -2.14. The molecule has 3 aromatic rings. The van der Waals surface area contributed by atoms with Crippen molar-refractivity contribution in [1.29, 1.82) is 0 Å². The second-order valence-corrected chi connectivity index (χ2v) is 8.96. The van der Waals surface area contributed by atoms with E-state index in [4.69, 9.17) is 4.74 Å². The fourth-order valence-electron chi connectivity index (χ4n) is 4.82. The van der Waals surface area contributed by atoms with Crippen molar-refractivity contribution in [3.63, 3.8) is 0 Å². The van der Waals surface area contributed by atoms with E-state index >= 15 is 0 Å². The molecule has 0 aliphatic heterocycles. The minimum atomic E-state index is -0.687. The van der Waals surface area contributed by atoms with Gasteiger partial charge in [0.05, 0.1) is 0 Å². The first-order chi connectivity index (χ1) is 15.9. The monoisotopic (exact) mass is 456 g/mol. The van der Waals surface area contributed by atoms with Crippen molar-refractivity contribution in [2.45, 2.75) is 58.0 Å². The van der Waals surface area contributed by atoms with Crippen LogP contribution in [0.1, 0.15) is 62.5 Å². The van der Waals surface area contributed by atoms with Gasteiger partial charge in [-0.15, -0.1) is 0 Å². The van der Waals surface area contributed by atoms with Crippen molar-refractivity contribution in [3.05, 3.63) is 89.0 Å². The maximum Gasteiger partial charge on any atom is 0.191 e. The molecular weight excluding hydrogens is 428 g/mol. The van der Waals surface area contributed by atoms with Crippen LogP contribution in [0.4, 0.5) is 17.6 Å². The van der Waals surface area contributed by atoms with Crippen molar-refractivity contribution in [1.82, 2.24) is 0 Å². The highest BCUT2D eigenvalue weighted by Crippen LogP contribution is 2.39. The molecule has 174 valence electrons. The molecule has 0 saturated heterocycles. The number of ether oxygens (including phenoxy) is 1. The summed E-state index contributed by atoms with van der Waals surface area (Å²) < 4.78 is 61.7. The molecule has 0 unspecified atom stereocenters. The van der Waals surface area contributed by atoms with Crippen LogP contribution in [0, 0.1) is 29.2 Å². The molecule has 0 N–H and O–H groups in total. The Hall–Kier alpha value is -2.82. The molecule has 0 atom stereocenters. The Morgan fingerprint density at radius 1 is 0.758 bits per heavy atom.